The van der Waals surface area contributed by atoms with Crippen molar-refractivity contribution in [3.63, 3.8) is 0 Å². The van der Waals surface area contributed by atoms with Gasteiger partial charge in [-0.15, -0.1) is 0 Å². The fourth-order valence-corrected chi connectivity index (χ4v) is 2.51. The minimum Gasteiger partial charge on any atom is -0.313 e. The van der Waals surface area contributed by atoms with E-state index in [-0.39, 0.29) is 0 Å². The van der Waals surface area contributed by atoms with Crippen LogP contribution in [0.5, 0.6) is 0 Å². The van der Waals surface area contributed by atoms with Gasteiger partial charge in [0.2, 0.25) is 0 Å². The van der Waals surface area contributed by atoms with Gasteiger partial charge in [-0.1, -0.05) is 38.1 Å². The zero-order valence-corrected chi connectivity index (χ0v) is 11.4. The van der Waals surface area contributed by atoms with Gasteiger partial charge in [0, 0.05) is 11.8 Å². The molecular formula is C14H23NS. The number of thioether (sulfide) groups is 1. The minimum atomic E-state index is 0.604. The van der Waals surface area contributed by atoms with Crippen molar-refractivity contribution in [1.82, 2.24) is 5.32 Å². The van der Waals surface area contributed by atoms with Gasteiger partial charge in [-0.05, 0) is 36.8 Å². The summed E-state index contributed by atoms with van der Waals surface area (Å²) < 4.78 is 0. The molecule has 90 valence electrons. The Morgan fingerprint density at radius 3 is 2.25 bits per heavy atom. The van der Waals surface area contributed by atoms with Gasteiger partial charge in [0.05, 0.1) is 0 Å². The third-order valence-electron chi connectivity index (χ3n) is 2.77. The Kier molecular flexibility index (Phi) is 6.58. The van der Waals surface area contributed by atoms with Crippen LogP contribution in [0.3, 0.4) is 0 Å². The van der Waals surface area contributed by atoms with Crippen molar-refractivity contribution in [3.8, 4) is 0 Å². The van der Waals surface area contributed by atoms with Crippen molar-refractivity contribution < 1.29 is 0 Å². The van der Waals surface area contributed by atoms with Crippen LogP contribution in [0.4, 0.5) is 0 Å². The summed E-state index contributed by atoms with van der Waals surface area (Å²) in [5.41, 5.74) is 2.87. The predicted octanol–water partition coefficient (Wildman–Crippen LogP) is 3.13. The number of likely N-dealkylation sites (N-methyl/N-ethyl adjacent to an activating group) is 1. The Morgan fingerprint density at radius 1 is 1.12 bits per heavy atom. The van der Waals surface area contributed by atoms with Crippen LogP contribution in [0.2, 0.25) is 0 Å². The Morgan fingerprint density at radius 2 is 1.75 bits per heavy atom. The van der Waals surface area contributed by atoms with Gasteiger partial charge in [-0.3, -0.25) is 0 Å². The van der Waals surface area contributed by atoms with E-state index in [0.29, 0.717) is 6.04 Å². The second-order valence-corrected chi connectivity index (χ2v) is 4.99. The zero-order valence-electron chi connectivity index (χ0n) is 10.6. The van der Waals surface area contributed by atoms with Crippen LogP contribution >= 0.6 is 11.8 Å². The van der Waals surface area contributed by atoms with E-state index in [1.54, 1.807) is 0 Å². The molecule has 1 rings (SSSR count). The second-order valence-electron chi connectivity index (χ2n) is 4.08. The molecule has 0 aliphatic heterocycles. The van der Waals surface area contributed by atoms with E-state index in [9.17, 15) is 0 Å². The average molecular weight is 237 g/mol. The molecular weight excluding hydrogens is 214 g/mol. The van der Waals surface area contributed by atoms with Crippen LogP contribution < -0.4 is 5.32 Å². The van der Waals surface area contributed by atoms with E-state index in [1.165, 1.54) is 16.9 Å². The van der Waals surface area contributed by atoms with Crippen molar-refractivity contribution in [2.45, 2.75) is 32.7 Å². The molecule has 0 heterocycles. The molecule has 0 amide bonds. The van der Waals surface area contributed by atoms with Crippen molar-refractivity contribution in [1.29, 1.82) is 0 Å². The molecule has 0 aliphatic rings. The standard InChI is InChI=1S/C14H23NS/c1-4-12-6-8-13(9-7-12)10-14(11-16-3)15-5-2/h6-9,14-15H,4-5,10-11H2,1-3H3. The van der Waals surface area contributed by atoms with Crippen molar-refractivity contribution in [2.24, 2.45) is 0 Å². The summed E-state index contributed by atoms with van der Waals surface area (Å²) >= 11 is 1.91. The Hall–Kier alpha value is -0.470. The van der Waals surface area contributed by atoms with Gasteiger partial charge < -0.3 is 5.32 Å². The first-order valence-electron chi connectivity index (χ1n) is 6.10. The molecule has 1 unspecified atom stereocenters. The number of nitrogens with one attached hydrogen (secondary N) is 1. The smallest absolute Gasteiger partial charge is 0.0198 e. The van der Waals surface area contributed by atoms with Gasteiger partial charge in [0.15, 0.2) is 0 Å². The molecule has 0 radical (unpaired) electrons. The Labute approximate surface area is 104 Å². The summed E-state index contributed by atoms with van der Waals surface area (Å²) in [6, 6.07) is 9.63. The predicted molar refractivity (Wildman–Crippen MR) is 75.4 cm³/mol. The molecule has 1 atom stereocenters. The van der Waals surface area contributed by atoms with E-state index >= 15 is 0 Å². The quantitative estimate of drug-likeness (QED) is 0.782. The fourth-order valence-electron chi connectivity index (χ4n) is 1.88. The molecule has 1 aromatic rings. The molecule has 0 saturated carbocycles. The fraction of sp³-hybridized carbons (Fsp3) is 0.571. The maximum Gasteiger partial charge on any atom is 0.0198 e. The molecule has 0 spiro atoms. The lowest BCUT2D eigenvalue weighted by molar-refractivity contribution is 0.573. The molecule has 0 aliphatic carbocycles. The molecule has 2 heteroatoms. The monoisotopic (exact) mass is 237 g/mol. The lowest BCUT2D eigenvalue weighted by Crippen LogP contribution is -2.33. The maximum atomic E-state index is 3.54. The highest BCUT2D eigenvalue weighted by atomic mass is 32.2. The van der Waals surface area contributed by atoms with Gasteiger partial charge in [-0.25, -0.2) is 0 Å². The first kappa shape index (κ1) is 13.6. The summed E-state index contributed by atoms with van der Waals surface area (Å²) in [7, 11) is 0. The average Bonchev–Trinajstić information content (AvgIpc) is 2.31. The summed E-state index contributed by atoms with van der Waals surface area (Å²) in [5.74, 6) is 1.18. The molecule has 16 heavy (non-hydrogen) atoms. The molecule has 0 aromatic heterocycles. The van der Waals surface area contributed by atoms with E-state index in [1.807, 2.05) is 11.8 Å². The highest BCUT2D eigenvalue weighted by Gasteiger charge is 2.07. The van der Waals surface area contributed by atoms with Gasteiger partial charge >= 0.3 is 0 Å². The normalized spacial score (nSPS) is 12.7. The second kappa shape index (κ2) is 7.75. The van der Waals surface area contributed by atoms with Crippen molar-refractivity contribution >= 4 is 11.8 Å². The molecule has 1 N–H and O–H groups in total. The highest BCUT2D eigenvalue weighted by Crippen LogP contribution is 2.09. The van der Waals surface area contributed by atoms with E-state index in [4.69, 9.17) is 0 Å². The topological polar surface area (TPSA) is 12.0 Å². The molecule has 1 nitrogen and oxygen atoms in total. The molecule has 1 aromatic carbocycles. The largest absolute Gasteiger partial charge is 0.313 e. The number of benzene rings is 1. The Balaban J connectivity index is 2.54. The summed E-state index contributed by atoms with van der Waals surface area (Å²) in [4.78, 5) is 0. The van der Waals surface area contributed by atoms with Crippen LogP contribution in [0, 0.1) is 0 Å². The van der Waals surface area contributed by atoms with E-state index < -0.39 is 0 Å². The third-order valence-corrected chi connectivity index (χ3v) is 3.51. The van der Waals surface area contributed by atoms with Crippen molar-refractivity contribution in [3.05, 3.63) is 35.4 Å². The van der Waals surface area contributed by atoms with Crippen molar-refractivity contribution in [2.75, 3.05) is 18.6 Å². The number of aryl methyl sites for hydroxylation is 1. The summed E-state index contributed by atoms with van der Waals surface area (Å²) in [6.07, 6.45) is 4.44. The van der Waals surface area contributed by atoms with E-state index in [0.717, 1.165) is 19.4 Å². The Bertz CT molecular complexity index is 275. The molecule has 0 saturated heterocycles. The number of rotatable bonds is 7. The van der Waals surface area contributed by atoms with Gasteiger partial charge in [0.25, 0.3) is 0 Å². The van der Waals surface area contributed by atoms with Crippen LogP contribution in [-0.2, 0) is 12.8 Å². The minimum absolute atomic E-state index is 0.604. The van der Waals surface area contributed by atoms with Crippen LogP contribution in [0.15, 0.2) is 24.3 Å². The number of hydrogen-bond donors (Lipinski definition) is 1. The molecule has 0 bridgehead atoms. The van der Waals surface area contributed by atoms with Crippen LogP contribution in [-0.4, -0.2) is 24.6 Å². The van der Waals surface area contributed by atoms with E-state index in [2.05, 4.69) is 49.7 Å². The maximum absolute atomic E-state index is 3.54. The van der Waals surface area contributed by atoms with Crippen LogP contribution in [0.1, 0.15) is 25.0 Å². The highest BCUT2D eigenvalue weighted by molar-refractivity contribution is 7.98. The summed E-state index contributed by atoms with van der Waals surface area (Å²) in [5, 5.41) is 3.54. The molecule has 0 fully saturated rings. The van der Waals surface area contributed by atoms with Gasteiger partial charge in [-0.2, -0.15) is 11.8 Å². The zero-order chi connectivity index (χ0) is 11.8. The lowest BCUT2D eigenvalue weighted by Gasteiger charge is -2.16. The van der Waals surface area contributed by atoms with Crippen LogP contribution in [0.25, 0.3) is 0 Å². The first-order valence-corrected chi connectivity index (χ1v) is 7.49. The number of hydrogen-bond acceptors (Lipinski definition) is 2. The lowest BCUT2D eigenvalue weighted by atomic mass is 10.0. The first-order chi connectivity index (χ1) is 7.80. The SMILES string of the molecule is CCNC(CSC)Cc1ccc(CC)cc1. The summed E-state index contributed by atoms with van der Waals surface area (Å²) in [6.45, 7) is 5.43. The third kappa shape index (κ3) is 4.58. The van der Waals surface area contributed by atoms with Gasteiger partial charge in [0.1, 0.15) is 0 Å².